The van der Waals surface area contributed by atoms with Crippen LogP contribution < -0.4 is 5.32 Å². The first-order valence-corrected chi connectivity index (χ1v) is 7.43. The lowest BCUT2D eigenvalue weighted by Crippen LogP contribution is -2.16. The van der Waals surface area contributed by atoms with Crippen LogP contribution >= 0.6 is 23.4 Å². The topological polar surface area (TPSA) is 83.6 Å². The molecule has 21 heavy (non-hydrogen) atoms. The third kappa shape index (κ3) is 3.32. The van der Waals surface area contributed by atoms with Gasteiger partial charge in [-0.25, -0.2) is 4.98 Å². The highest BCUT2D eigenvalue weighted by Crippen LogP contribution is 2.19. The third-order valence-electron chi connectivity index (χ3n) is 2.61. The maximum atomic E-state index is 11.9. The number of anilines is 1. The number of fused-ring (bicyclic) bond motifs is 1. The number of nitrogens with zero attached hydrogens (tertiary/aromatic N) is 3. The SMILES string of the molecule is O=C(CSc1ccccc1)Nc1nc(Cl)c2[nH]cnc2n1. The number of hydrogen-bond acceptors (Lipinski definition) is 5. The fourth-order valence-electron chi connectivity index (χ4n) is 1.68. The Hall–Kier alpha value is -2.12. The summed E-state index contributed by atoms with van der Waals surface area (Å²) in [6.07, 6.45) is 1.47. The second kappa shape index (κ2) is 6.11. The number of imidazole rings is 1. The summed E-state index contributed by atoms with van der Waals surface area (Å²) in [5.41, 5.74) is 0.967. The number of carbonyl (C=O) groups excluding carboxylic acids is 1. The van der Waals surface area contributed by atoms with E-state index in [0.717, 1.165) is 4.90 Å². The van der Waals surface area contributed by atoms with Crippen LogP contribution in [0.4, 0.5) is 5.95 Å². The van der Waals surface area contributed by atoms with Crippen molar-refractivity contribution in [2.24, 2.45) is 0 Å². The lowest BCUT2D eigenvalue weighted by Gasteiger charge is -2.04. The molecule has 0 radical (unpaired) electrons. The number of rotatable bonds is 4. The summed E-state index contributed by atoms with van der Waals surface area (Å²) in [7, 11) is 0. The van der Waals surface area contributed by atoms with Crippen molar-refractivity contribution in [2.45, 2.75) is 4.90 Å². The molecule has 0 aliphatic heterocycles. The summed E-state index contributed by atoms with van der Waals surface area (Å²) >= 11 is 7.42. The molecule has 0 unspecified atom stereocenters. The number of aromatic nitrogens is 4. The molecule has 0 saturated carbocycles. The molecule has 1 amide bonds. The van der Waals surface area contributed by atoms with E-state index in [1.165, 1.54) is 18.1 Å². The van der Waals surface area contributed by atoms with Gasteiger partial charge in [0, 0.05) is 4.90 Å². The van der Waals surface area contributed by atoms with E-state index in [1.54, 1.807) is 0 Å². The summed E-state index contributed by atoms with van der Waals surface area (Å²) in [6.45, 7) is 0. The van der Waals surface area contributed by atoms with Crippen molar-refractivity contribution in [1.29, 1.82) is 0 Å². The van der Waals surface area contributed by atoms with Crippen molar-refractivity contribution in [3.8, 4) is 0 Å². The number of carbonyl (C=O) groups is 1. The van der Waals surface area contributed by atoms with Gasteiger partial charge in [-0.05, 0) is 12.1 Å². The van der Waals surface area contributed by atoms with E-state index < -0.39 is 0 Å². The first kappa shape index (κ1) is 13.8. The van der Waals surface area contributed by atoms with Gasteiger partial charge in [0.2, 0.25) is 11.9 Å². The van der Waals surface area contributed by atoms with Gasteiger partial charge in [-0.15, -0.1) is 11.8 Å². The molecule has 0 fully saturated rings. The van der Waals surface area contributed by atoms with Gasteiger partial charge >= 0.3 is 0 Å². The Bertz CT molecular complexity index is 777. The number of amides is 1. The predicted molar refractivity (Wildman–Crippen MR) is 82.5 cm³/mol. The minimum atomic E-state index is -0.199. The van der Waals surface area contributed by atoms with Crippen molar-refractivity contribution in [3.05, 3.63) is 41.8 Å². The van der Waals surface area contributed by atoms with Gasteiger partial charge < -0.3 is 4.98 Å². The predicted octanol–water partition coefficient (Wildman–Crippen LogP) is 2.74. The molecule has 0 aliphatic rings. The Morgan fingerprint density at radius 3 is 2.90 bits per heavy atom. The van der Waals surface area contributed by atoms with Crippen molar-refractivity contribution in [1.82, 2.24) is 19.9 Å². The number of H-pyrrole nitrogens is 1. The number of benzene rings is 1. The monoisotopic (exact) mass is 319 g/mol. The molecule has 0 atom stereocenters. The molecular formula is C13H10ClN5OS. The number of nitrogens with one attached hydrogen (secondary N) is 2. The van der Waals surface area contributed by atoms with Crippen LogP contribution in [0.2, 0.25) is 5.15 Å². The zero-order valence-electron chi connectivity index (χ0n) is 10.7. The van der Waals surface area contributed by atoms with Crippen LogP contribution in [0, 0.1) is 0 Å². The highest BCUT2D eigenvalue weighted by Gasteiger charge is 2.10. The van der Waals surface area contributed by atoms with Gasteiger partial charge in [0.05, 0.1) is 12.1 Å². The van der Waals surface area contributed by atoms with E-state index >= 15 is 0 Å². The van der Waals surface area contributed by atoms with Gasteiger partial charge in [-0.3, -0.25) is 10.1 Å². The van der Waals surface area contributed by atoms with Crippen LogP contribution in [-0.2, 0) is 4.79 Å². The maximum absolute atomic E-state index is 11.9. The standard InChI is InChI=1S/C13H10ClN5OS/c14-11-10-12(16-7-15-10)19-13(18-11)17-9(20)6-21-8-4-2-1-3-5-8/h1-5,7H,6H2,(H2,15,16,17,18,19,20). The number of thioether (sulfide) groups is 1. The van der Waals surface area contributed by atoms with Gasteiger partial charge in [0.15, 0.2) is 10.8 Å². The molecule has 0 spiro atoms. The summed E-state index contributed by atoms with van der Waals surface area (Å²) in [4.78, 5) is 27.9. The van der Waals surface area contributed by atoms with Crippen LogP contribution in [0.15, 0.2) is 41.6 Å². The minimum absolute atomic E-state index is 0.151. The third-order valence-corrected chi connectivity index (χ3v) is 3.89. The summed E-state index contributed by atoms with van der Waals surface area (Å²) in [5.74, 6) is 0.219. The average Bonchev–Trinajstić information content (AvgIpc) is 2.95. The maximum Gasteiger partial charge on any atom is 0.237 e. The Labute approximate surface area is 129 Å². The average molecular weight is 320 g/mol. The van der Waals surface area contributed by atoms with Crippen molar-refractivity contribution in [3.63, 3.8) is 0 Å². The molecular weight excluding hydrogens is 310 g/mol. The van der Waals surface area contributed by atoms with Gasteiger partial charge in [0.25, 0.3) is 0 Å². The summed E-state index contributed by atoms with van der Waals surface area (Å²) in [5, 5.41) is 2.84. The number of hydrogen-bond donors (Lipinski definition) is 2. The second-order valence-electron chi connectivity index (χ2n) is 4.09. The van der Waals surface area contributed by atoms with Crippen LogP contribution in [-0.4, -0.2) is 31.6 Å². The quantitative estimate of drug-likeness (QED) is 0.570. The molecule has 0 bridgehead atoms. The van der Waals surface area contributed by atoms with E-state index in [9.17, 15) is 4.79 Å². The molecule has 2 aromatic heterocycles. The van der Waals surface area contributed by atoms with Gasteiger partial charge in [-0.1, -0.05) is 29.8 Å². The van der Waals surface area contributed by atoms with E-state index in [0.29, 0.717) is 11.2 Å². The fourth-order valence-corrected chi connectivity index (χ4v) is 2.62. The Morgan fingerprint density at radius 2 is 2.10 bits per heavy atom. The number of halogens is 1. The van der Waals surface area contributed by atoms with Crippen molar-refractivity contribution >= 4 is 46.4 Å². The molecule has 0 aliphatic carbocycles. The zero-order chi connectivity index (χ0) is 14.7. The van der Waals surface area contributed by atoms with Crippen molar-refractivity contribution < 1.29 is 4.79 Å². The molecule has 2 heterocycles. The molecule has 0 saturated heterocycles. The van der Waals surface area contributed by atoms with Gasteiger partial charge in [0.1, 0.15) is 5.52 Å². The number of aromatic amines is 1. The second-order valence-corrected chi connectivity index (χ2v) is 5.50. The van der Waals surface area contributed by atoms with E-state index in [1.807, 2.05) is 30.3 Å². The van der Waals surface area contributed by atoms with Crippen LogP contribution in [0.25, 0.3) is 11.2 Å². The molecule has 6 nitrogen and oxygen atoms in total. The largest absolute Gasteiger partial charge is 0.341 e. The van der Waals surface area contributed by atoms with E-state index in [4.69, 9.17) is 11.6 Å². The lowest BCUT2D eigenvalue weighted by molar-refractivity contribution is -0.113. The summed E-state index contributed by atoms with van der Waals surface area (Å²) < 4.78 is 0. The highest BCUT2D eigenvalue weighted by molar-refractivity contribution is 8.00. The fraction of sp³-hybridized carbons (Fsp3) is 0.0769. The molecule has 3 aromatic rings. The Balaban J connectivity index is 1.66. The van der Waals surface area contributed by atoms with Crippen LogP contribution in [0.1, 0.15) is 0 Å². The molecule has 8 heteroatoms. The Kier molecular flexibility index (Phi) is 4.03. The smallest absolute Gasteiger partial charge is 0.237 e. The highest BCUT2D eigenvalue weighted by atomic mass is 35.5. The van der Waals surface area contributed by atoms with Crippen LogP contribution in [0.3, 0.4) is 0 Å². The van der Waals surface area contributed by atoms with E-state index in [2.05, 4.69) is 25.3 Å². The Morgan fingerprint density at radius 1 is 1.29 bits per heavy atom. The first-order valence-electron chi connectivity index (χ1n) is 6.07. The molecule has 3 rings (SSSR count). The summed E-state index contributed by atoms with van der Waals surface area (Å²) in [6, 6.07) is 9.67. The first-order chi connectivity index (χ1) is 10.2. The zero-order valence-corrected chi connectivity index (χ0v) is 12.3. The normalized spacial score (nSPS) is 10.7. The molecule has 106 valence electrons. The van der Waals surface area contributed by atoms with E-state index in [-0.39, 0.29) is 22.8 Å². The molecule has 1 aromatic carbocycles. The minimum Gasteiger partial charge on any atom is -0.341 e. The molecule has 2 N–H and O–H groups in total. The van der Waals surface area contributed by atoms with Crippen LogP contribution in [0.5, 0.6) is 0 Å². The van der Waals surface area contributed by atoms with Crippen molar-refractivity contribution in [2.75, 3.05) is 11.1 Å². The van der Waals surface area contributed by atoms with Gasteiger partial charge in [-0.2, -0.15) is 9.97 Å². The lowest BCUT2D eigenvalue weighted by atomic mass is 10.4.